The van der Waals surface area contributed by atoms with Gasteiger partial charge in [0, 0.05) is 11.0 Å². The van der Waals surface area contributed by atoms with Gasteiger partial charge in [-0.2, -0.15) is 0 Å². The maximum atomic E-state index is 6.17. The lowest BCUT2D eigenvalue weighted by Gasteiger charge is -2.24. The topological polar surface area (TPSA) is 21.3 Å². The van der Waals surface area contributed by atoms with Gasteiger partial charge in [-0.1, -0.05) is 35.0 Å². The summed E-state index contributed by atoms with van der Waals surface area (Å²) in [5.41, 5.74) is 1.47. The Morgan fingerprint density at radius 2 is 2.05 bits per heavy atom. The average Bonchev–Trinajstić information content (AvgIpc) is 2.75. The summed E-state index contributed by atoms with van der Waals surface area (Å²) in [4.78, 5) is 0. The summed E-state index contributed by atoms with van der Waals surface area (Å²) in [7, 11) is 0. The number of hydrogen-bond donors (Lipinski definition) is 1. The first kappa shape index (κ1) is 16.0. The van der Waals surface area contributed by atoms with Crippen molar-refractivity contribution >= 4 is 15.9 Å². The molecule has 2 atom stereocenters. The van der Waals surface area contributed by atoms with E-state index in [0.717, 1.165) is 24.0 Å². The fraction of sp³-hybridized carbons (Fsp3) is 0.647. The molecule has 1 aromatic rings. The molecule has 0 aromatic heterocycles. The lowest BCUT2D eigenvalue weighted by molar-refractivity contribution is -0.0209. The molecular formula is C17H26BrNO. The summed E-state index contributed by atoms with van der Waals surface area (Å²) in [5, 5.41) is 3.49. The highest BCUT2D eigenvalue weighted by atomic mass is 79.9. The van der Waals surface area contributed by atoms with Crippen LogP contribution in [-0.2, 0) is 4.74 Å². The zero-order chi connectivity index (χ0) is 14.6. The molecule has 1 aliphatic heterocycles. The second-order valence-electron chi connectivity index (χ2n) is 6.33. The van der Waals surface area contributed by atoms with Gasteiger partial charge >= 0.3 is 0 Å². The Bertz CT molecular complexity index is 416. The third-order valence-corrected chi connectivity index (χ3v) is 4.61. The first-order valence-corrected chi connectivity index (χ1v) is 8.43. The smallest absolute Gasteiger partial charge is 0.0631 e. The van der Waals surface area contributed by atoms with Gasteiger partial charge in [-0.3, -0.25) is 0 Å². The fourth-order valence-corrected chi connectivity index (χ4v) is 3.22. The standard InChI is InChI=1S/C17H26BrNO/c1-4-19-12-14(13-5-7-15(18)8-6-13)11-16-9-10-17(2,3)20-16/h5-8,14,16,19H,4,9-12H2,1-3H3. The van der Waals surface area contributed by atoms with Crippen molar-refractivity contribution in [2.45, 2.75) is 57.7 Å². The predicted molar refractivity (Wildman–Crippen MR) is 88.2 cm³/mol. The zero-order valence-corrected chi connectivity index (χ0v) is 14.4. The second-order valence-corrected chi connectivity index (χ2v) is 7.25. The summed E-state index contributed by atoms with van der Waals surface area (Å²) < 4.78 is 7.31. The summed E-state index contributed by atoms with van der Waals surface area (Å²) in [6.07, 6.45) is 3.87. The number of benzene rings is 1. The highest BCUT2D eigenvalue weighted by Crippen LogP contribution is 2.35. The number of hydrogen-bond acceptors (Lipinski definition) is 2. The van der Waals surface area contributed by atoms with Crippen molar-refractivity contribution < 1.29 is 4.74 Å². The van der Waals surface area contributed by atoms with E-state index in [1.807, 2.05) is 0 Å². The third-order valence-electron chi connectivity index (χ3n) is 4.08. The molecule has 2 nitrogen and oxygen atoms in total. The van der Waals surface area contributed by atoms with Gasteiger partial charge in [0.2, 0.25) is 0 Å². The van der Waals surface area contributed by atoms with Crippen molar-refractivity contribution in [2.24, 2.45) is 0 Å². The van der Waals surface area contributed by atoms with E-state index in [-0.39, 0.29) is 5.60 Å². The first-order chi connectivity index (χ1) is 9.50. The summed E-state index contributed by atoms with van der Waals surface area (Å²) in [6.45, 7) is 8.61. The quantitative estimate of drug-likeness (QED) is 0.824. The molecule has 112 valence electrons. The lowest BCUT2D eigenvalue weighted by Crippen LogP contribution is -2.26. The number of ether oxygens (including phenoxy) is 1. The SMILES string of the molecule is CCNCC(CC1CCC(C)(C)O1)c1ccc(Br)cc1. The van der Waals surface area contributed by atoms with Crippen LogP contribution in [0.4, 0.5) is 0 Å². The molecule has 1 N–H and O–H groups in total. The first-order valence-electron chi connectivity index (χ1n) is 7.64. The summed E-state index contributed by atoms with van der Waals surface area (Å²) in [5.74, 6) is 0.530. The molecule has 0 saturated carbocycles. The molecular weight excluding hydrogens is 314 g/mol. The Hall–Kier alpha value is -0.380. The second kappa shape index (κ2) is 7.06. The van der Waals surface area contributed by atoms with Crippen molar-refractivity contribution in [3.8, 4) is 0 Å². The molecule has 2 unspecified atom stereocenters. The van der Waals surface area contributed by atoms with E-state index in [1.165, 1.54) is 18.4 Å². The number of halogens is 1. The third kappa shape index (κ3) is 4.57. The van der Waals surface area contributed by atoms with Crippen LogP contribution >= 0.6 is 15.9 Å². The van der Waals surface area contributed by atoms with Crippen LogP contribution in [0.15, 0.2) is 28.7 Å². The molecule has 0 aliphatic carbocycles. The number of nitrogens with one attached hydrogen (secondary N) is 1. The normalized spacial score (nSPS) is 22.9. The van der Waals surface area contributed by atoms with Crippen LogP contribution in [0.25, 0.3) is 0 Å². The van der Waals surface area contributed by atoms with Crippen LogP contribution in [0.1, 0.15) is 51.5 Å². The van der Waals surface area contributed by atoms with Gasteiger partial charge in [0.15, 0.2) is 0 Å². The Morgan fingerprint density at radius 1 is 1.35 bits per heavy atom. The van der Waals surface area contributed by atoms with Gasteiger partial charge in [-0.05, 0) is 63.3 Å². The van der Waals surface area contributed by atoms with Crippen LogP contribution in [0.5, 0.6) is 0 Å². The molecule has 2 rings (SSSR count). The number of likely N-dealkylation sites (N-methyl/N-ethyl adjacent to an activating group) is 1. The van der Waals surface area contributed by atoms with Crippen molar-refractivity contribution in [2.75, 3.05) is 13.1 Å². The minimum absolute atomic E-state index is 0.0626. The monoisotopic (exact) mass is 339 g/mol. The van der Waals surface area contributed by atoms with E-state index in [2.05, 4.69) is 66.3 Å². The minimum atomic E-state index is 0.0626. The molecule has 1 aromatic carbocycles. The Balaban J connectivity index is 2.02. The Kier molecular flexibility index (Phi) is 5.65. The fourth-order valence-electron chi connectivity index (χ4n) is 2.95. The van der Waals surface area contributed by atoms with E-state index in [4.69, 9.17) is 4.74 Å². The molecule has 1 saturated heterocycles. The van der Waals surface area contributed by atoms with E-state index < -0.39 is 0 Å². The molecule has 0 amide bonds. The molecule has 0 spiro atoms. The molecule has 20 heavy (non-hydrogen) atoms. The van der Waals surface area contributed by atoms with E-state index in [9.17, 15) is 0 Å². The summed E-state index contributed by atoms with van der Waals surface area (Å²) >= 11 is 3.51. The van der Waals surface area contributed by atoms with Crippen LogP contribution in [-0.4, -0.2) is 24.8 Å². The van der Waals surface area contributed by atoms with Crippen molar-refractivity contribution in [3.05, 3.63) is 34.3 Å². The van der Waals surface area contributed by atoms with Gasteiger partial charge in [-0.25, -0.2) is 0 Å². The largest absolute Gasteiger partial charge is 0.372 e. The Labute approximate surface area is 131 Å². The molecule has 0 bridgehead atoms. The van der Waals surface area contributed by atoms with Gasteiger partial charge in [0.1, 0.15) is 0 Å². The average molecular weight is 340 g/mol. The maximum Gasteiger partial charge on any atom is 0.0631 e. The summed E-state index contributed by atoms with van der Waals surface area (Å²) in [6, 6.07) is 8.72. The van der Waals surface area contributed by atoms with E-state index in [1.54, 1.807) is 0 Å². The Morgan fingerprint density at radius 3 is 2.60 bits per heavy atom. The lowest BCUT2D eigenvalue weighted by atomic mass is 9.92. The van der Waals surface area contributed by atoms with E-state index >= 15 is 0 Å². The van der Waals surface area contributed by atoms with E-state index in [0.29, 0.717) is 12.0 Å². The molecule has 0 radical (unpaired) electrons. The predicted octanol–water partition coefficient (Wildman–Crippen LogP) is 4.49. The van der Waals surface area contributed by atoms with Crippen LogP contribution < -0.4 is 5.32 Å². The highest BCUT2D eigenvalue weighted by molar-refractivity contribution is 9.10. The molecule has 3 heteroatoms. The maximum absolute atomic E-state index is 6.17. The van der Waals surface area contributed by atoms with Gasteiger partial charge in [-0.15, -0.1) is 0 Å². The van der Waals surface area contributed by atoms with Crippen molar-refractivity contribution in [1.29, 1.82) is 0 Å². The number of rotatable bonds is 6. The van der Waals surface area contributed by atoms with Gasteiger partial charge in [0.25, 0.3) is 0 Å². The van der Waals surface area contributed by atoms with Crippen LogP contribution in [0.2, 0.25) is 0 Å². The van der Waals surface area contributed by atoms with Gasteiger partial charge in [0.05, 0.1) is 11.7 Å². The van der Waals surface area contributed by atoms with Crippen LogP contribution in [0.3, 0.4) is 0 Å². The minimum Gasteiger partial charge on any atom is -0.372 e. The highest BCUT2D eigenvalue weighted by Gasteiger charge is 2.33. The molecule has 1 aliphatic rings. The molecule has 1 heterocycles. The van der Waals surface area contributed by atoms with Crippen molar-refractivity contribution in [1.82, 2.24) is 5.32 Å². The van der Waals surface area contributed by atoms with Crippen molar-refractivity contribution in [3.63, 3.8) is 0 Å². The van der Waals surface area contributed by atoms with Crippen LogP contribution in [0, 0.1) is 0 Å². The zero-order valence-electron chi connectivity index (χ0n) is 12.8. The van der Waals surface area contributed by atoms with Gasteiger partial charge < -0.3 is 10.1 Å². The molecule has 1 fully saturated rings.